The van der Waals surface area contributed by atoms with Gasteiger partial charge in [-0.25, -0.2) is 4.98 Å². The highest BCUT2D eigenvalue weighted by Crippen LogP contribution is 2.28. The van der Waals surface area contributed by atoms with Crippen molar-refractivity contribution in [2.45, 2.75) is 26.2 Å². The Labute approximate surface area is 182 Å². The van der Waals surface area contributed by atoms with E-state index in [9.17, 15) is 4.79 Å². The standard InChI is InChI=1S/C24H30N4O3/c1-16-6-8-19-20(13-16)27-24(26-19)28-12-4-5-18(15-28)23(29)25-11-10-17-7-9-21(30-2)22(14-17)31-3/h6-9,13-14,18H,4-5,10-12,15H2,1-3H3,(H,25,29)(H,26,27). The SMILES string of the molecule is COc1ccc(CCNC(=O)C2CCCN(c3nc4ccc(C)cc4[nH]3)C2)cc1OC. The molecule has 1 unspecified atom stereocenters. The lowest BCUT2D eigenvalue weighted by Crippen LogP contribution is -2.43. The van der Waals surface area contributed by atoms with Gasteiger partial charge in [0, 0.05) is 19.6 Å². The predicted octanol–water partition coefficient (Wildman–Crippen LogP) is 3.46. The summed E-state index contributed by atoms with van der Waals surface area (Å²) in [5.74, 6) is 2.34. The van der Waals surface area contributed by atoms with E-state index in [2.05, 4.69) is 34.3 Å². The fourth-order valence-corrected chi connectivity index (χ4v) is 4.15. The molecule has 7 heteroatoms. The van der Waals surface area contributed by atoms with Crippen molar-refractivity contribution >= 4 is 22.9 Å². The number of anilines is 1. The van der Waals surface area contributed by atoms with Crippen LogP contribution in [0.4, 0.5) is 5.95 Å². The van der Waals surface area contributed by atoms with Crippen LogP contribution in [0.1, 0.15) is 24.0 Å². The second-order valence-corrected chi connectivity index (χ2v) is 8.10. The van der Waals surface area contributed by atoms with Gasteiger partial charge in [0.15, 0.2) is 11.5 Å². The first kappa shape index (κ1) is 21.0. The maximum absolute atomic E-state index is 12.8. The molecular weight excluding hydrogens is 392 g/mol. The Morgan fingerprint density at radius 3 is 2.84 bits per heavy atom. The molecule has 0 bridgehead atoms. The quantitative estimate of drug-likeness (QED) is 0.610. The molecule has 1 aliphatic rings. The normalized spacial score (nSPS) is 16.4. The summed E-state index contributed by atoms with van der Waals surface area (Å²) in [7, 11) is 3.25. The number of hydrogen-bond acceptors (Lipinski definition) is 5. The number of carbonyl (C=O) groups excluding carboxylic acids is 1. The molecule has 2 heterocycles. The maximum Gasteiger partial charge on any atom is 0.224 e. The number of aryl methyl sites for hydroxylation is 1. The molecule has 0 aliphatic carbocycles. The van der Waals surface area contributed by atoms with Gasteiger partial charge < -0.3 is 24.7 Å². The van der Waals surface area contributed by atoms with E-state index in [4.69, 9.17) is 14.5 Å². The van der Waals surface area contributed by atoms with E-state index < -0.39 is 0 Å². The van der Waals surface area contributed by atoms with Crippen LogP contribution in [0.2, 0.25) is 0 Å². The van der Waals surface area contributed by atoms with Crippen molar-refractivity contribution in [3.63, 3.8) is 0 Å². The number of aromatic amines is 1. The van der Waals surface area contributed by atoms with Gasteiger partial charge in [-0.05, 0) is 61.6 Å². The molecule has 7 nitrogen and oxygen atoms in total. The molecule has 2 aromatic carbocycles. The van der Waals surface area contributed by atoms with E-state index in [0.29, 0.717) is 24.6 Å². The molecular formula is C24H30N4O3. The summed E-state index contributed by atoms with van der Waals surface area (Å²) >= 11 is 0. The average molecular weight is 423 g/mol. The molecule has 31 heavy (non-hydrogen) atoms. The largest absolute Gasteiger partial charge is 0.493 e. The first-order valence-electron chi connectivity index (χ1n) is 10.8. The second kappa shape index (κ2) is 9.29. The molecule has 4 rings (SSSR count). The lowest BCUT2D eigenvalue weighted by atomic mass is 9.97. The predicted molar refractivity (Wildman–Crippen MR) is 122 cm³/mol. The highest BCUT2D eigenvalue weighted by atomic mass is 16.5. The third-order valence-corrected chi connectivity index (χ3v) is 5.88. The van der Waals surface area contributed by atoms with Crippen molar-refractivity contribution in [1.29, 1.82) is 0 Å². The van der Waals surface area contributed by atoms with Gasteiger partial charge in [-0.2, -0.15) is 0 Å². The summed E-state index contributed by atoms with van der Waals surface area (Å²) in [6, 6.07) is 12.1. The number of nitrogens with zero attached hydrogens (tertiary/aromatic N) is 2. The third kappa shape index (κ3) is 4.76. The van der Waals surface area contributed by atoms with Crippen molar-refractivity contribution in [1.82, 2.24) is 15.3 Å². The van der Waals surface area contributed by atoms with Gasteiger partial charge in [-0.3, -0.25) is 4.79 Å². The Bertz CT molecular complexity index is 1060. The van der Waals surface area contributed by atoms with Crippen molar-refractivity contribution in [3.8, 4) is 11.5 Å². The molecule has 1 aliphatic heterocycles. The summed E-state index contributed by atoms with van der Waals surface area (Å²) in [5, 5.41) is 3.10. The molecule has 0 radical (unpaired) electrons. The maximum atomic E-state index is 12.8. The molecule has 164 valence electrons. The van der Waals surface area contributed by atoms with Crippen LogP contribution in [0.15, 0.2) is 36.4 Å². The van der Waals surface area contributed by atoms with E-state index >= 15 is 0 Å². The van der Waals surface area contributed by atoms with Gasteiger partial charge in [-0.1, -0.05) is 12.1 Å². The van der Waals surface area contributed by atoms with Crippen molar-refractivity contribution in [2.75, 3.05) is 38.8 Å². The van der Waals surface area contributed by atoms with E-state index in [1.165, 1.54) is 5.56 Å². The average Bonchev–Trinajstić information content (AvgIpc) is 3.22. The van der Waals surface area contributed by atoms with E-state index in [0.717, 1.165) is 48.4 Å². The zero-order valence-electron chi connectivity index (χ0n) is 18.4. The number of aromatic nitrogens is 2. The van der Waals surface area contributed by atoms with Crippen LogP contribution in [-0.4, -0.2) is 49.7 Å². The van der Waals surface area contributed by atoms with Gasteiger partial charge in [0.05, 0.1) is 31.2 Å². The smallest absolute Gasteiger partial charge is 0.224 e. The highest BCUT2D eigenvalue weighted by Gasteiger charge is 2.27. The monoisotopic (exact) mass is 422 g/mol. The Kier molecular flexibility index (Phi) is 6.30. The molecule has 0 spiro atoms. The Morgan fingerprint density at radius 2 is 2.03 bits per heavy atom. The van der Waals surface area contributed by atoms with Crippen LogP contribution in [0, 0.1) is 12.8 Å². The lowest BCUT2D eigenvalue weighted by molar-refractivity contribution is -0.125. The Hall–Kier alpha value is -3.22. The Morgan fingerprint density at radius 1 is 1.19 bits per heavy atom. The summed E-state index contributed by atoms with van der Waals surface area (Å²) in [6.45, 7) is 4.26. The van der Waals surface area contributed by atoms with E-state index in [1.54, 1.807) is 14.2 Å². The number of imidazole rings is 1. The number of amides is 1. The number of ether oxygens (including phenoxy) is 2. The van der Waals surface area contributed by atoms with Crippen LogP contribution in [0.5, 0.6) is 11.5 Å². The van der Waals surface area contributed by atoms with Gasteiger partial charge in [0.2, 0.25) is 11.9 Å². The summed E-state index contributed by atoms with van der Waals surface area (Å²) in [5.41, 5.74) is 4.30. The van der Waals surface area contributed by atoms with Gasteiger partial charge in [-0.15, -0.1) is 0 Å². The van der Waals surface area contributed by atoms with Crippen molar-refractivity contribution in [3.05, 3.63) is 47.5 Å². The summed E-state index contributed by atoms with van der Waals surface area (Å²) < 4.78 is 10.6. The van der Waals surface area contributed by atoms with Gasteiger partial charge >= 0.3 is 0 Å². The number of piperidine rings is 1. The summed E-state index contributed by atoms with van der Waals surface area (Å²) in [4.78, 5) is 23.1. The zero-order valence-corrected chi connectivity index (χ0v) is 18.4. The lowest BCUT2D eigenvalue weighted by Gasteiger charge is -2.31. The number of fused-ring (bicyclic) bond motifs is 1. The molecule has 1 amide bonds. The molecule has 0 saturated carbocycles. The fourth-order valence-electron chi connectivity index (χ4n) is 4.15. The first-order chi connectivity index (χ1) is 15.1. The van der Waals surface area contributed by atoms with Gasteiger partial charge in [0.1, 0.15) is 0 Å². The number of nitrogens with one attached hydrogen (secondary N) is 2. The zero-order chi connectivity index (χ0) is 21.8. The molecule has 1 saturated heterocycles. The van der Waals surface area contributed by atoms with Gasteiger partial charge in [0.25, 0.3) is 0 Å². The minimum Gasteiger partial charge on any atom is -0.493 e. The number of rotatable bonds is 7. The van der Waals surface area contributed by atoms with Crippen molar-refractivity contribution < 1.29 is 14.3 Å². The minimum atomic E-state index is -0.0332. The molecule has 1 fully saturated rings. The third-order valence-electron chi connectivity index (χ3n) is 5.88. The number of benzene rings is 2. The number of carbonyl (C=O) groups is 1. The van der Waals surface area contributed by atoms with Crippen molar-refractivity contribution in [2.24, 2.45) is 5.92 Å². The number of methoxy groups -OCH3 is 2. The first-order valence-corrected chi connectivity index (χ1v) is 10.8. The second-order valence-electron chi connectivity index (χ2n) is 8.10. The van der Waals surface area contributed by atoms with Crippen LogP contribution in [0.25, 0.3) is 11.0 Å². The molecule has 1 atom stereocenters. The van der Waals surface area contributed by atoms with E-state index in [-0.39, 0.29) is 11.8 Å². The molecule has 2 N–H and O–H groups in total. The van der Waals surface area contributed by atoms with Crippen LogP contribution in [-0.2, 0) is 11.2 Å². The summed E-state index contributed by atoms with van der Waals surface area (Å²) in [6.07, 6.45) is 2.62. The number of hydrogen-bond donors (Lipinski definition) is 2. The van der Waals surface area contributed by atoms with Crippen LogP contribution >= 0.6 is 0 Å². The number of H-pyrrole nitrogens is 1. The Balaban J connectivity index is 1.33. The van der Waals surface area contributed by atoms with Crippen LogP contribution in [0.3, 0.4) is 0 Å². The minimum absolute atomic E-state index is 0.0332. The highest BCUT2D eigenvalue weighted by molar-refractivity contribution is 5.80. The topological polar surface area (TPSA) is 79.5 Å². The molecule has 1 aromatic heterocycles. The molecule has 3 aromatic rings. The van der Waals surface area contributed by atoms with E-state index in [1.807, 2.05) is 24.3 Å². The van der Waals surface area contributed by atoms with Crippen LogP contribution < -0.4 is 19.7 Å². The fraction of sp³-hybridized carbons (Fsp3) is 0.417.